The lowest BCUT2D eigenvalue weighted by Gasteiger charge is -2.10. The van der Waals surface area contributed by atoms with Gasteiger partial charge < -0.3 is 5.73 Å². The number of aryl methyl sites for hydroxylation is 1. The van der Waals surface area contributed by atoms with Gasteiger partial charge in [0, 0.05) is 16.7 Å². The molecule has 1 nitrogen and oxygen atoms in total. The molecule has 1 atom stereocenters. The molecule has 0 amide bonds. The van der Waals surface area contributed by atoms with Gasteiger partial charge in [0.15, 0.2) is 0 Å². The van der Waals surface area contributed by atoms with Crippen LogP contribution in [0.25, 0.3) is 0 Å². The van der Waals surface area contributed by atoms with Crippen molar-refractivity contribution in [3.05, 3.63) is 29.8 Å². The quantitative estimate of drug-likeness (QED) is 0.754. The maximum Gasteiger partial charge on any atom is 0.0133 e. The number of hydrogen-bond acceptors (Lipinski definition) is 2. The predicted octanol–water partition coefficient (Wildman–Crippen LogP) is 3.21. The van der Waals surface area contributed by atoms with E-state index in [1.54, 1.807) is 0 Å². The van der Waals surface area contributed by atoms with Crippen molar-refractivity contribution in [2.45, 2.75) is 37.6 Å². The molecule has 0 spiro atoms. The number of benzene rings is 1. The van der Waals surface area contributed by atoms with E-state index < -0.39 is 0 Å². The topological polar surface area (TPSA) is 26.0 Å². The summed E-state index contributed by atoms with van der Waals surface area (Å²) in [4.78, 5) is 1.36. The minimum absolute atomic E-state index is 0.338. The molecule has 0 unspecified atom stereocenters. The fraction of sp³-hybridized carbons (Fsp3) is 0.500. The molecule has 14 heavy (non-hydrogen) atoms. The number of rotatable bonds is 5. The molecule has 1 aromatic carbocycles. The van der Waals surface area contributed by atoms with Gasteiger partial charge in [-0.25, -0.2) is 0 Å². The van der Waals surface area contributed by atoms with Crippen molar-refractivity contribution in [2.75, 3.05) is 5.75 Å². The van der Waals surface area contributed by atoms with E-state index >= 15 is 0 Å². The fourth-order valence-electron chi connectivity index (χ4n) is 1.37. The molecule has 0 aliphatic rings. The summed E-state index contributed by atoms with van der Waals surface area (Å²) in [5.41, 5.74) is 7.31. The molecule has 1 aromatic rings. The molecule has 0 radical (unpaired) electrons. The third-order valence-electron chi connectivity index (χ3n) is 2.21. The summed E-state index contributed by atoms with van der Waals surface area (Å²) in [5.74, 6) is 1.03. The van der Waals surface area contributed by atoms with E-state index in [-0.39, 0.29) is 0 Å². The normalized spacial score (nSPS) is 12.8. The lowest BCUT2D eigenvalue weighted by Crippen LogP contribution is -2.22. The average Bonchev–Trinajstić information content (AvgIpc) is 2.17. The lowest BCUT2D eigenvalue weighted by molar-refractivity contribution is 0.660. The van der Waals surface area contributed by atoms with Crippen LogP contribution in [0.4, 0.5) is 0 Å². The van der Waals surface area contributed by atoms with Crippen molar-refractivity contribution in [3.8, 4) is 0 Å². The molecule has 0 fully saturated rings. The number of nitrogens with two attached hydrogens (primary N) is 1. The SMILES string of the molecule is CCC[C@@H](N)CSc1ccccc1C. The Morgan fingerprint density at radius 1 is 1.36 bits per heavy atom. The molecule has 0 saturated carbocycles. The van der Waals surface area contributed by atoms with Crippen LogP contribution >= 0.6 is 11.8 Å². The first-order valence-corrected chi connectivity index (χ1v) is 6.16. The summed E-state index contributed by atoms with van der Waals surface area (Å²) in [6, 6.07) is 8.81. The second-order valence-electron chi connectivity index (χ2n) is 3.63. The fourth-order valence-corrected chi connectivity index (χ4v) is 2.40. The highest BCUT2D eigenvalue weighted by Gasteiger charge is 2.03. The van der Waals surface area contributed by atoms with Crippen molar-refractivity contribution >= 4 is 11.8 Å². The zero-order valence-electron chi connectivity index (χ0n) is 8.99. The molecule has 1 rings (SSSR count). The zero-order chi connectivity index (χ0) is 10.4. The van der Waals surface area contributed by atoms with E-state index in [9.17, 15) is 0 Å². The lowest BCUT2D eigenvalue weighted by atomic mass is 10.2. The minimum atomic E-state index is 0.338. The zero-order valence-corrected chi connectivity index (χ0v) is 9.81. The van der Waals surface area contributed by atoms with E-state index in [2.05, 4.69) is 38.1 Å². The van der Waals surface area contributed by atoms with Gasteiger partial charge >= 0.3 is 0 Å². The standard InChI is InChI=1S/C12H19NS/c1-3-6-11(13)9-14-12-8-5-4-7-10(12)2/h4-5,7-8,11H,3,6,9,13H2,1-2H3/t11-/m1/s1. The maximum absolute atomic E-state index is 5.96. The van der Waals surface area contributed by atoms with E-state index in [1.807, 2.05) is 11.8 Å². The van der Waals surface area contributed by atoms with Crippen LogP contribution in [0.2, 0.25) is 0 Å². The highest BCUT2D eigenvalue weighted by Crippen LogP contribution is 2.22. The van der Waals surface area contributed by atoms with Gasteiger partial charge in [-0.05, 0) is 25.0 Å². The van der Waals surface area contributed by atoms with Gasteiger partial charge in [0.25, 0.3) is 0 Å². The third-order valence-corrected chi connectivity index (χ3v) is 3.57. The van der Waals surface area contributed by atoms with Gasteiger partial charge in [0.05, 0.1) is 0 Å². The van der Waals surface area contributed by atoms with Gasteiger partial charge in [-0.1, -0.05) is 31.5 Å². The molecule has 0 saturated heterocycles. The molecule has 78 valence electrons. The third kappa shape index (κ3) is 3.72. The second kappa shape index (κ2) is 6.10. The van der Waals surface area contributed by atoms with Crippen LogP contribution in [-0.2, 0) is 0 Å². The smallest absolute Gasteiger partial charge is 0.0133 e. The van der Waals surface area contributed by atoms with Gasteiger partial charge in [0.1, 0.15) is 0 Å². The van der Waals surface area contributed by atoms with Crippen LogP contribution in [0.15, 0.2) is 29.2 Å². The van der Waals surface area contributed by atoms with Crippen LogP contribution in [0.3, 0.4) is 0 Å². The van der Waals surface area contributed by atoms with Crippen LogP contribution in [0.1, 0.15) is 25.3 Å². The summed E-state index contributed by atoms with van der Waals surface area (Å²) < 4.78 is 0. The predicted molar refractivity (Wildman–Crippen MR) is 64.8 cm³/mol. The highest BCUT2D eigenvalue weighted by atomic mass is 32.2. The second-order valence-corrected chi connectivity index (χ2v) is 4.69. The van der Waals surface area contributed by atoms with Crippen molar-refractivity contribution in [1.29, 1.82) is 0 Å². The molecule has 0 aliphatic carbocycles. The first-order chi connectivity index (χ1) is 6.74. The molecular weight excluding hydrogens is 190 g/mol. The van der Waals surface area contributed by atoms with Crippen molar-refractivity contribution in [2.24, 2.45) is 5.73 Å². The summed E-state index contributed by atoms with van der Waals surface area (Å²) in [7, 11) is 0. The van der Waals surface area contributed by atoms with Crippen LogP contribution in [-0.4, -0.2) is 11.8 Å². The van der Waals surface area contributed by atoms with Crippen molar-refractivity contribution in [1.82, 2.24) is 0 Å². The van der Waals surface area contributed by atoms with Crippen LogP contribution in [0.5, 0.6) is 0 Å². The Morgan fingerprint density at radius 2 is 2.07 bits per heavy atom. The Morgan fingerprint density at radius 3 is 2.71 bits per heavy atom. The Kier molecular flexibility index (Phi) is 5.05. The minimum Gasteiger partial charge on any atom is -0.327 e. The molecular formula is C12H19NS. The molecule has 0 aromatic heterocycles. The van der Waals surface area contributed by atoms with Crippen molar-refractivity contribution < 1.29 is 0 Å². The molecule has 2 N–H and O–H groups in total. The summed E-state index contributed by atoms with van der Waals surface area (Å²) in [6.07, 6.45) is 2.30. The van der Waals surface area contributed by atoms with Crippen LogP contribution < -0.4 is 5.73 Å². The summed E-state index contributed by atoms with van der Waals surface area (Å²) in [5, 5.41) is 0. The van der Waals surface area contributed by atoms with Crippen LogP contribution in [0, 0.1) is 6.92 Å². The Balaban J connectivity index is 2.41. The first kappa shape index (κ1) is 11.6. The highest BCUT2D eigenvalue weighted by molar-refractivity contribution is 7.99. The Bertz CT molecular complexity index is 273. The molecule has 0 bridgehead atoms. The molecule has 0 heterocycles. The van der Waals surface area contributed by atoms with Gasteiger partial charge in [-0.2, -0.15) is 0 Å². The monoisotopic (exact) mass is 209 g/mol. The maximum atomic E-state index is 5.96. The molecule has 0 aliphatic heterocycles. The Labute approximate surface area is 91.1 Å². The van der Waals surface area contributed by atoms with E-state index in [1.165, 1.54) is 16.9 Å². The van der Waals surface area contributed by atoms with E-state index in [0.717, 1.165) is 12.2 Å². The van der Waals surface area contributed by atoms with E-state index in [0.29, 0.717) is 6.04 Å². The van der Waals surface area contributed by atoms with Gasteiger partial charge in [-0.3, -0.25) is 0 Å². The number of hydrogen-bond donors (Lipinski definition) is 1. The van der Waals surface area contributed by atoms with Crippen molar-refractivity contribution in [3.63, 3.8) is 0 Å². The first-order valence-electron chi connectivity index (χ1n) is 5.18. The molecule has 2 heteroatoms. The summed E-state index contributed by atoms with van der Waals surface area (Å²) >= 11 is 1.87. The van der Waals surface area contributed by atoms with Gasteiger partial charge in [0.2, 0.25) is 0 Å². The summed E-state index contributed by atoms with van der Waals surface area (Å²) in [6.45, 7) is 4.33. The Hall–Kier alpha value is -0.470. The van der Waals surface area contributed by atoms with Gasteiger partial charge in [-0.15, -0.1) is 11.8 Å². The average molecular weight is 209 g/mol. The number of thioether (sulfide) groups is 1. The van der Waals surface area contributed by atoms with E-state index in [4.69, 9.17) is 5.73 Å². The largest absolute Gasteiger partial charge is 0.327 e.